The van der Waals surface area contributed by atoms with Gasteiger partial charge in [-0.2, -0.15) is 10.4 Å². The van der Waals surface area contributed by atoms with Gasteiger partial charge in [-0.1, -0.05) is 47.5 Å². The summed E-state index contributed by atoms with van der Waals surface area (Å²) in [5.74, 6) is -0.444. The Morgan fingerprint density at radius 2 is 2.08 bits per heavy atom. The first kappa shape index (κ1) is 18.0. The highest BCUT2D eigenvalue weighted by Crippen LogP contribution is 2.25. The smallest absolute Gasteiger partial charge is 0.254 e. The molecule has 0 saturated heterocycles. The van der Waals surface area contributed by atoms with E-state index in [9.17, 15) is 4.79 Å². The van der Waals surface area contributed by atoms with Crippen LogP contribution in [0.3, 0.4) is 0 Å². The van der Waals surface area contributed by atoms with Gasteiger partial charge in [-0.3, -0.25) is 4.79 Å². The summed E-state index contributed by atoms with van der Waals surface area (Å²) in [7, 11) is 0. The number of nitrogens with one attached hydrogen (secondary N) is 1. The second kappa shape index (κ2) is 8.05. The second-order valence-corrected chi connectivity index (χ2v) is 6.44. The van der Waals surface area contributed by atoms with Gasteiger partial charge in [0.2, 0.25) is 0 Å². The maximum atomic E-state index is 11.3. The van der Waals surface area contributed by atoms with Crippen LogP contribution in [0.2, 0.25) is 10.0 Å². The summed E-state index contributed by atoms with van der Waals surface area (Å²) in [6, 6.07) is 15.1. The van der Waals surface area contributed by atoms with E-state index in [0.717, 1.165) is 22.0 Å². The van der Waals surface area contributed by atoms with Gasteiger partial charge in [0.1, 0.15) is 6.42 Å². The zero-order valence-electron chi connectivity index (χ0n) is 13.6. The highest BCUT2D eigenvalue weighted by molar-refractivity contribution is 6.35. The molecule has 0 atom stereocenters. The van der Waals surface area contributed by atoms with Crippen LogP contribution in [0.5, 0.6) is 0 Å². The summed E-state index contributed by atoms with van der Waals surface area (Å²) in [5, 5.41) is 14.6. The molecule has 130 valence electrons. The number of aromatic nitrogens is 1. The fourth-order valence-electron chi connectivity index (χ4n) is 2.63. The van der Waals surface area contributed by atoms with Gasteiger partial charge in [0.15, 0.2) is 0 Å². The van der Waals surface area contributed by atoms with Crippen LogP contribution < -0.4 is 5.43 Å². The molecule has 0 aliphatic rings. The number of nitriles is 1. The lowest BCUT2D eigenvalue weighted by molar-refractivity contribution is -0.120. The zero-order valence-corrected chi connectivity index (χ0v) is 15.1. The highest BCUT2D eigenvalue weighted by atomic mass is 35.5. The lowest BCUT2D eigenvalue weighted by Gasteiger charge is -2.08. The highest BCUT2D eigenvalue weighted by Gasteiger charge is 2.09. The molecule has 1 N–H and O–H groups in total. The van der Waals surface area contributed by atoms with E-state index < -0.39 is 5.91 Å². The van der Waals surface area contributed by atoms with Crippen molar-refractivity contribution in [1.82, 2.24) is 9.99 Å². The predicted octanol–water partition coefficient (Wildman–Crippen LogP) is 4.36. The Kier molecular flexibility index (Phi) is 5.57. The monoisotopic (exact) mass is 384 g/mol. The van der Waals surface area contributed by atoms with Gasteiger partial charge >= 0.3 is 0 Å². The van der Waals surface area contributed by atoms with Crippen molar-refractivity contribution in [2.75, 3.05) is 0 Å². The molecule has 0 bridgehead atoms. The Morgan fingerprint density at radius 1 is 1.27 bits per heavy atom. The standard InChI is InChI=1S/C19H14Cl2N4O/c20-15-6-5-13(17(21)9-15)11-25-12-14(10-23-24-19(26)7-8-22)16-3-1-2-4-18(16)25/h1-6,9-10,12H,7,11H2,(H,24,26)/b23-10+. The number of fused-ring (bicyclic) bond motifs is 1. The van der Waals surface area contributed by atoms with E-state index in [1.165, 1.54) is 0 Å². The molecule has 1 heterocycles. The van der Waals surface area contributed by atoms with E-state index in [4.69, 9.17) is 28.5 Å². The number of para-hydroxylation sites is 1. The first-order valence-electron chi connectivity index (χ1n) is 7.79. The fourth-order valence-corrected chi connectivity index (χ4v) is 3.10. The first-order chi connectivity index (χ1) is 12.6. The van der Waals surface area contributed by atoms with Crippen LogP contribution >= 0.6 is 23.2 Å². The number of halogens is 2. The minimum absolute atomic E-state index is 0.228. The van der Waals surface area contributed by atoms with Gasteiger partial charge in [-0.15, -0.1) is 0 Å². The molecule has 1 aromatic heterocycles. The zero-order chi connectivity index (χ0) is 18.5. The van der Waals surface area contributed by atoms with E-state index >= 15 is 0 Å². The van der Waals surface area contributed by atoms with Crippen LogP contribution in [0.15, 0.2) is 53.8 Å². The second-order valence-electron chi connectivity index (χ2n) is 5.59. The van der Waals surface area contributed by atoms with E-state index in [-0.39, 0.29) is 6.42 Å². The topological polar surface area (TPSA) is 70.2 Å². The molecule has 0 spiro atoms. The molecule has 0 aliphatic carbocycles. The van der Waals surface area contributed by atoms with E-state index in [2.05, 4.69) is 15.1 Å². The summed E-state index contributed by atoms with van der Waals surface area (Å²) in [6.45, 7) is 0.575. The quantitative estimate of drug-likeness (QED) is 0.524. The minimum atomic E-state index is -0.444. The molecule has 0 saturated carbocycles. The number of carbonyl (C=O) groups excluding carboxylic acids is 1. The number of hydrazone groups is 1. The Balaban J connectivity index is 1.91. The van der Waals surface area contributed by atoms with Crippen LogP contribution in [0.25, 0.3) is 10.9 Å². The summed E-state index contributed by atoms with van der Waals surface area (Å²) >= 11 is 12.2. The Hall–Kier alpha value is -2.81. The van der Waals surface area contributed by atoms with Gasteiger partial charge in [0, 0.05) is 39.3 Å². The van der Waals surface area contributed by atoms with Crippen LogP contribution in [0, 0.1) is 11.3 Å². The van der Waals surface area contributed by atoms with Gasteiger partial charge in [0.25, 0.3) is 5.91 Å². The van der Waals surface area contributed by atoms with Crippen molar-refractivity contribution in [2.45, 2.75) is 13.0 Å². The molecule has 26 heavy (non-hydrogen) atoms. The molecule has 0 radical (unpaired) electrons. The van der Waals surface area contributed by atoms with Crippen LogP contribution in [0.4, 0.5) is 0 Å². The van der Waals surface area contributed by atoms with Crippen molar-refractivity contribution in [3.8, 4) is 6.07 Å². The number of nitrogens with zero attached hydrogens (tertiary/aromatic N) is 3. The third-order valence-corrected chi connectivity index (χ3v) is 4.39. The van der Waals surface area contributed by atoms with Crippen molar-refractivity contribution in [3.05, 3.63) is 69.8 Å². The van der Waals surface area contributed by atoms with Crippen LogP contribution in [-0.2, 0) is 11.3 Å². The van der Waals surface area contributed by atoms with Crippen molar-refractivity contribution >= 4 is 46.2 Å². The SMILES string of the molecule is N#CCC(=O)N/N=C/c1cn(Cc2ccc(Cl)cc2Cl)c2ccccc12. The molecule has 0 unspecified atom stereocenters. The maximum absolute atomic E-state index is 11.3. The lowest BCUT2D eigenvalue weighted by atomic mass is 10.2. The number of amides is 1. The number of hydrogen-bond acceptors (Lipinski definition) is 3. The molecule has 0 aliphatic heterocycles. The predicted molar refractivity (Wildman–Crippen MR) is 103 cm³/mol. The molecular weight excluding hydrogens is 371 g/mol. The van der Waals surface area contributed by atoms with Crippen LogP contribution in [0.1, 0.15) is 17.5 Å². The third kappa shape index (κ3) is 4.05. The van der Waals surface area contributed by atoms with E-state index in [1.54, 1.807) is 18.4 Å². The number of hydrogen-bond donors (Lipinski definition) is 1. The largest absolute Gasteiger partial charge is 0.342 e. The summed E-state index contributed by atoms with van der Waals surface area (Å²) in [4.78, 5) is 11.3. The van der Waals surface area contributed by atoms with Crippen LogP contribution in [-0.4, -0.2) is 16.7 Å². The molecule has 7 heteroatoms. The van der Waals surface area contributed by atoms with Crippen molar-refractivity contribution in [2.24, 2.45) is 5.10 Å². The molecule has 5 nitrogen and oxygen atoms in total. The third-order valence-electron chi connectivity index (χ3n) is 3.81. The van der Waals surface area contributed by atoms with Crippen molar-refractivity contribution in [3.63, 3.8) is 0 Å². The molecular formula is C19H14Cl2N4O. The van der Waals surface area contributed by atoms with Crippen molar-refractivity contribution < 1.29 is 4.79 Å². The number of rotatable bonds is 5. The Bertz CT molecular complexity index is 1030. The molecule has 2 aromatic carbocycles. The van der Waals surface area contributed by atoms with Crippen molar-refractivity contribution in [1.29, 1.82) is 5.26 Å². The fraction of sp³-hybridized carbons (Fsp3) is 0.105. The van der Waals surface area contributed by atoms with Gasteiger partial charge < -0.3 is 4.57 Å². The normalized spacial score (nSPS) is 11.0. The van der Waals surface area contributed by atoms with E-state index in [1.807, 2.05) is 42.6 Å². The van der Waals surface area contributed by atoms with Gasteiger partial charge in [-0.05, 0) is 23.8 Å². The molecule has 3 rings (SSSR count). The van der Waals surface area contributed by atoms with E-state index in [0.29, 0.717) is 16.6 Å². The molecule has 0 fully saturated rings. The summed E-state index contributed by atoms with van der Waals surface area (Å²) in [5.41, 5.74) is 5.15. The lowest BCUT2D eigenvalue weighted by Crippen LogP contribution is -2.16. The van der Waals surface area contributed by atoms with Gasteiger partial charge in [0.05, 0.1) is 12.3 Å². The van der Waals surface area contributed by atoms with Gasteiger partial charge in [-0.25, -0.2) is 5.43 Å². The maximum Gasteiger partial charge on any atom is 0.254 e. The Labute approximate surface area is 160 Å². The minimum Gasteiger partial charge on any atom is -0.342 e. The average molecular weight is 385 g/mol. The number of carbonyl (C=O) groups is 1. The average Bonchev–Trinajstić information content (AvgIpc) is 2.96. The summed E-state index contributed by atoms with van der Waals surface area (Å²) in [6.07, 6.45) is 3.28. The Morgan fingerprint density at radius 3 is 2.85 bits per heavy atom. The summed E-state index contributed by atoms with van der Waals surface area (Å²) < 4.78 is 2.06. The molecule has 1 amide bonds. The first-order valence-corrected chi connectivity index (χ1v) is 8.54. The number of benzene rings is 2. The molecule has 3 aromatic rings.